The minimum absolute atomic E-state index is 0.161. The fourth-order valence-corrected chi connectivity index (χ4v) is 2.16. The number of rotatable bonds is 4. The van der Waals surface area contributed by atoms with Crippen LogP contribution in [0, 0.1) is 5.41 Å². The van der Waals surface area contributed by atoms with E-state index >= 15 is 0 Å². The van der Waals surface area contributed by atoms with E-state index in [0.29, 0.717) is 19.6 Å². The van der Waals surface area contributed by atoms with Gasteiger partial charge in [0.2, 0.25) is 0 Å². The Kier molecular flexibility index (Phi) is 3.60. The van der Waals surface area contributed by atoms with Gasteiger partial charge in [-0.1, -0.05) is 30.3 Å². The summed E-state index contributed by atoms with van der Waals surface area (Å²) in [5, 5.41) is 0. The second-order valence-corrected chi connectivity index (χ2v) is 4.95. The van der Waals surface area contributed by atoms with E-state index in [1.165, 1.54) is 5.56 Å². The van der Waals surface area contributed by atoms with Crippen molar-refractivity contribution >= 4 is 5.78 Å². The van der Waals surface area contributed by atoms with E-state index in [-0.39, 0.29) is 11.8 Å². The monoisotopic (exact) mass is 233 g/mol. The molecular formula is C14H19NO2. The molecule has 92 valence electrons. The van der Waals surface area contributed by atoms with Crippen LogP contribution in [0.3, 0.4) is 0 Å². The molecule has 0 aliphatic carbocycles. The number of hydrogen-bond acceptors (Lipinski definition) is 3. The summed E-state index contributed by atoms with van der Waals surface area (Å²) in [6.45, 7) is 2.87. The fourth-order valence-electron chi connectivity index (χ4n) is 2.16. The van der Waals surface area contributed by atoms with E-state index in [4.69, 9.17) is 10.5 Å². The van der Waals surface area contributed by atoms with Gasteiger partial charge >= 0.3 is 0 Å². The average Bonchev–Trinajstić information content (AvgIpc) is 2.69. The fraction of sp³-hybridized carbons (Fsp3) is 0.500. The first-order valence-electron chi connectivity index (χ1n) is 6.03. The van der Waals surface area contributed by atoms with Crippen LogP contribution in [0.1, 0.15) is 18.9 Å². The summed E-state index contributed by atoms with van der Waals surface area (Å²) < 4.78 is 5.30. The molecule has 0 bridgehead atoms. The molecular weight excluding hydrogens is 214 g/mol. The molecule has 2 N–H and O–H groups in total. The topological polar surface area (TPSA) is 52.3 Å². The number of aryl methyl sites for hydroxylation is 1. The molecule has 1 aromatic carbocycles. The summed E-state index contributed by atoms with van der Waals surface area (Å²) in [6, 6.07) is 9.89. The molecule has 0 aromatic heterocycles. The Morgan fingerprint density at radius 2 is 2.18 bits per heavy atom. The standard InChI is InChI=1S/C14H19NO2/c1-14(10-17-9-12(14)15)13(16)8-7-11-5-3-2-4-6-11/h2-6,12H,7-10,15H2,1H3. The minimum Gasteiger partial charge on any atom is -0.379 e. The highest BCUT2D eigenvalue weighted by Crippen LogP contribution is 2.29. The molecule has 0 amide bonds. The predicted molar refractivity (Wildman–Crippen MR) is 66.7 cm³/mol. The average molecular weight is 233 g/mol. The quantitative estimate of drug-likeness (QED) is 0.858. The molecule has 3 heteroatoms. The van der Waals surface area contributed by atoms with E-state index in [1.807, 2.05) is 37.3 Å². The number of Topliss-reactive ketones (excluding diaryl/α,β-unsaturated/α-hetero) is 1. The van der Waals surface area contributed by atoms with Crippen LogP contribution in [-0.4, -0.2) is 25.0 Å². The number of hydrogen-bond donors (Lipinski definition) is 1. The van der Waals surface area contributed by atoms with E-state index in [1.54, 1.807) is 0 Å². The van der Waals surface area contributed by atoms with Crippen LogP contribution < -0.4 is 5.73 Å². The SMILES string of the molecule is CC1(C(=O)CCc2ccccc2)COCC1N. The summed E-state index contributed by atoms with van der Waals surface area (Å²) in [6.07, 6.45) is 1.32. The largest absolute Gasteiger partial charge is 0.379 e. The Morgan fingerprint density at radius 1 is 1.47 bits per heavy atom. The lowest BCUT2D eigenvalue weighted by molar-refractivity contribution is -0.128. The van der Waals surface area contributed by atoms with Gasteiger partial charge in [-0.05, 0) is 18.9 Å². The Bertz CT molecular complexity index is 390. The predicted octanol–water partition coefficient (Wildman–Crippen LogP) is 1.55. The van der Waals surface area contributed by atoms with E-state index in [0.717, 1.165) is 6.42 Å². The molecule has 2 atom stereocenters. The van der Waals surface area contributed by atoms with Crippen molar-refractivity contribution in [2.24, 2.45) is 11.1 Å². The number of benzene rings is 1. The molecule has 2 rings (SSSR count). The lowest BCUT2D eigenvalue weighted by Crippen LogP contribution is -2.44. The van der Waals surface area contributed by atoms with Gasteiger partial charge in [-0.3, -0.25) is 4.79 Å². The van der Waals surface area contributed by atoms with Crippen LogP contribution in [0.5, 0.6) is 0 Å². The molecule has 1 aliphatic heterocycles. The second kappa shape index (κ2) is 4.98. The molecule has 1 saturated heterocycles. The van der Waals surface area contributed by atoms with Crippen molar-refractivity contribution in [1.82, 2.24) is 0 Å². The highest BCUT2D eigenvalue weighted by Gasteiger charge is 2.43. The van der Waals surface area contributed by atoms with Crippen LogP contribution in [0.15, 0.2) is 30.3 Å². The number of ether oxygens (including phenoxy) is 1. The molecule has 1 aromatic rings. The first kappa shape index (κ1) is 12.3. The zero-order valence-electron chi connectivity index (χ0n) is 10.2. The van der Waals surface area contributed by atoms with Crippen molar-refractivity contribution in [3.8, 4) is 0 Å². The molecule has 0 saturated carbocycles. The Labute approximate surface area is 102 Å². The zero-order valence-corrected chi connectivity index (χ0v) is 10.2. The van der Waals surface area contributed by atoms with Crippen LogP contribution in [0.2, 0.25) is 0 Å². The van der Waals surface area contributed by atoms with Gasteiger partial charge in [-0.15, -0.1) is 0 Å². The maximum Gasteiger partial charge on any atom is 0.143 e. The normalized spacial score (nSPS) is 28.2. The number of ketones is 1. The van der Waals surface area contributed by atoms with Gasteiger partial charge in [0.1, 0.15) is 5.78 Å². The molecule has 0 spiro atoms. The first-order valence-corrected chi connectivity index (χ1v) is 6.03. The summed E-state index contributed by atoms with van der Waals surface area (Å²) in [5.74, 6) is 0.214. The maximum atomic E-state index is 12.2. The van der Waals surface area contributed by atoms with Crippen molar-refractivity contribution in [3.05, 3.63) is 35.9 Å². The van der Waals surface area contributed by atoms with Crippen LogP contribution in [0.25, 0.3) is 0 Å². The lowest BCUT2D eigenvalue weighted by atomic mass is 9.79. The van der Waals surface area contributed by atoms with Crippen molar-refractivity contribution < 1.29 is 9.53 Å². The molecule has 17 heavy (non-hydrogen) atoms. The van der Waals surface area contributed by atoms with Crippen molar-refractivity contribution in [2.45, 2.75) is 25.8 Å². The van der Waals surface area contributed by atoms with E-state index < -0.39 is 5.41 Å². The van der Waals surface area contributed by atoms with Gasteiger partial charge < -0.3 is 10.5 Å². The van der Waals surface area contributed by atoms with Gasteiger partial charge in [0, 0.05) is 12.5 Å². The summed E-state index contributed by atoms with van der Waals surface area (Å²) in [5.41, 5.74) is 6.64. The van der Waals surface area contributed by atoms with Crippen molar-refractivity contribution in [2.75, 3.05) is 13.2 Å². The van der Waals surface area contributed by atoms with Gasteiger partial charge in [0.05, 0.1) is 18.6 Å². The Hall–Kier alpha value is -1.19. The second-order valence-electron chi connectivity index (χ2n) is 4.95. The third kappa shape index (κ3) is 2.56. The molecule has 1 fully saturated rings. The highest BCUT2D eigenvalue weighted by atomic mass is 16.5. The van der Waals surface area contributed by atoms with Crippen molar-refractivity contribution in [3.63, 3.8) is 0 Å². The zero-order chi connectivity index (χ0) is 12.3. The Morgan fingerprint density at radius 3 is 2.76 bits per heavy atom. The van der Waals surface area contributed by atoms with E-state index in [2.05, 4.69) is 0 Å². The third-order valence-electron chi connectivity index (χ3n) is 3.64. The van der Waals surface area contributed by atoms with Crippen molar-refractivity contribution in [1.29, 1.82) is 0 Å². The van der Waals surface area contributed by atoms with Gasteiger partial charge in [0.25, 0.3) is 0 Å². The van der Waals surface area contributed by atoms with Gasteiger partial charge in [-0.25, -0.2) is 0 Å². The molecule has 1 heterocycles. The Balaban J connectivity index is 1.94. The smallest absolute Gasteiger partial charge is 0.143 e. The summed E-state index contributed by atoms with van der Waals surface area (Å²) in [4.78, 5) is 12.2. The first-order chi connectivity index (χ1) is 8.13. The van der Waals surface area contributed by atoms with Gasteiger partial charge in [0.15, 0.2) is 0 Å². The maximum absolute atomic E-state index is 12.2. The van der Waals surface area contributed by atoms with Crippen LogP contribution >= 0.6 is 0 Å². The van der Waals surface area contributed by atoms with Crippen LogP contribution in [0.4, 0.5) is 0 Å². The highest BCUT2D eigenvalue weighted by molar-refractivity contribution is 5.86. The van der Waals surface area contributed by atoms with E-state index in [9.17, 15) is 4.79 Å². The number of carbonyl (C=O) groups is 1. The summed E-state index contributed by atoms with van der Waals surface area (Å²) >= 11 is 0. The summed E-state index contributed by atoms with van der Waals surface area (Å²) in [7, 11) is 0. The third-order valence-corrected chi connectivity index (χ3v) is 3.64. The van der Waals surface area contributed by atoms with Gasteiger partial charge in [-0.2, -0.15) is 0 Å². The van der Waals surface area contributed by atoms with Crippen LogP contribution in [-0.2, 0) is 16.0 Å². The minimum atomic E-state index is -0.491. The lowest BCUT2D eigenvalue weighted by Gasteiger charge is -2.25. The number of carbonyl (C=O) groups excluding carboxylic acids is 1. The molecule has 2 unspecified atom stereocenters. The molecule has 0 radical (unpaired) electrons. The number of nitrogens with two attached hydrogens (primary N) is 1. The molecule has 3 nitrogen and oxygen atoms in total. The molecule has 1 aliphatic rings.